The number of rotatable bonds is 6. The van der Waals surface area contributed by atoms with Crippen LogP contribution in [0, 0.1) is 6.92 Å². The van der Waals surface area contributed by atoms with E-state index in [9.17, 15) is 4.79 Å². The van der Waals surface area contributed by atoms with Crippen LogP contribution in [0.15, 0.2) is 30.5 Å². The van der Waals surface area contributed by atoms with Gasteiger partial charge in [0.25, 0.3) is 0 Å². The van der Waals surface area contributed by atoms with Gasteiger partial charge in [-0.05, 0) is 19.1 Å². The van der Waals surface area contributed by atoms with Crippen molar-refractivity contribution in [3.8, 4) is 5.75 Å². The minimum absolute atomic E-state index is 0.0623. The van der Waals surface area contributed by atoms with Crippen LogP contribution in [-0.2, 0) is 18.4 Å². The normalized spacial score (nSPS) is 10.4. The molecule has 0 bridgehead atoms. The van der Waals surface area contributed by atoms with Crippen molar-refractivity contribution < 1.29 is 9.53 Å². The lowest BCUT2D eigenvalue weighted by Gasteiger charge is -2.08. The van der Waals surface area contributed by atoms with Gasteiger partial charge in [0.2, 0.25) is 5.91 Å². The number of benzene rings is 1. The highest BCUT2D eigenvalue weighted by Gasteiger charge is 2.06. The van der Waals surface area contributed by atoms with E-state index in [0.717, 1.165) is 11.3 Å². The fraction of sp³-hybridized carbons (Fsp3) is 0.333. The molecule has 0 fully saturated rings. The maximum Gasteiger partial charge on any atom is 0.223 e. The van der Waals surface area contributed by atoms with Gasteiger partial charge in [-0.25, -0.2) is 0 Å². The van der Waals surface area contributed by atoms with Gasteiger partial charge in [0, 0.05) is 25.4 Å². The Morgan fingerprint density at radius 1 is 1.43 bits per heavy atom. The van der Waals surface area contributed by atoms with Gasteiger partial charge in [0.15, 0.2) is 0 Å². The van der Waals surface area contributed by atoms with Gasteiger partial charge in [-0.2, -0.15) is 5.10 Å². The smallest absolute Gasteiger partial charge is 0.223 e. The Morgan fingerprint density at radius 2 is 2.19 bits per heavy atom. The third-order valence-corrected chi connectivity index (χ3v) is 3.10. The molecule has 0 atom stereocenters. The Hall–Kier alpha value is -2.50. The standard InChI is InChI=1S/C15H20N4O2/c1-11-12(10-19(2)18-11)9-17-15(20)7-8-21-14-6-4-3-5-13(14)16/h3-6,10H,7-9,16H2,1-2H3,(H,17,20). The first kappa shape index (κ1) is 14.9. The summed E-state index contributed by atoms with van der Waals surface area (Å²) < 4.78 is 7.22. The number of amides is 1. The van der Waals surface area contributed by atoms with E-state index < -0.39 is 0 Å². The maximum absolute atomic E-state index is 11.8. The summed E-state index contributed by atoms with van der Waals surface area (Å²) in [5, 5.41) is 7.08. The van der Waals surface area contributed by atoms with Crippen LogP contribution in [0.25, 0.3) is 0 Å². The van der Waals surface area contributed by atoms with E-state index in [0.29, 0.717) is 24.6 Å². The van der Waals surface area contributed by atoms with E-state index in [2.05, 4.69) is 10.4 Å². The predicted octanol–water partition coefficient (Wildman–Crippen LogP) is 1.40. The number of nitrogens with two attached hydrogens (primary N) is 1. The Labute approximate surface area is 123 Å². The fourth-order valence-corrected chi connectivity index (χ4v) is 1.97. The molecular weight excluding hydrogens is 268 g/mol. The lowest BCUT2D eigenvalue weighted by molar-refractivity contribution is -0.121. The van der Waals surface area contributed by atoms with Crippen molar-refractivity contribution in [3.63, 3.8) is 0 Å². The van der Waals surface area contributed by atoms with Crippen molar-refractivity contribution in [1.29, 1.82) is 0 Å². The van der Waals surface area contributed by atoms with Gasteiger partial charge in [-0.3, -0.25) is 9.48 Å². The van der Waals surface area contributed by atoms with Crippen LogP contribution in [0.2, 0.25) is 0 Å². The lowest BCUT2D eigenvalue weighted by Crippen LogP contribution is -2.24. The average Bonchev–Trinajstić information content (AvgIpc) is 2.77. The predicted molar refractivity (Wildman–Crippen MR) is 80.8 cm³/mol. The second kappa shape index (κ2) is 6.78. The number of nitrogens with one attached hydrogen (secondary N) is 1. The van der Waals surface area contributed by atoms with Crippen LogP contribution < -0.4 is 15.8 Å². The minimum atomic E-state index is -0.0623. The van der Waals surface area contributed by atoms with Crippen molar-refractivity contribution in [2.24, 2.45) is 7.05 Å². The summed E-state index contributed by atoms with van der Waals surface area (Å²) in [4.78, 5) is 11.8. The fourth-order valence-electron chi connectivity index (χ4n) is 1.97. The van der Waals surface area contributed by atoms with E-state index in [1.807, 2.05) is 32.3 Å². The number of para-hydroxylation sites is 2. The summed E-state index contributed by atoms with van der Waals surface area (Å²) in [7, 11) is 1.86. The summed E-state index contributed by atoms with van der Waals surface area (Å²) in [5.74, 6) is 0.543. The third kappa shape index (κ3) is 4.24. The molecule has 1 heterocycles. The molecule has 6 nitrogen and oxygen atoms in total. The molecule has 0 unspecified atom stereocenters. The molecule has 112 valence electrons. The summed E-state index contributed by atoms with van der Waals surface area (Å²) >= 11 is 0. The molecule has 0 saturated heterocycles. The number of hydrogen-bond donors (Lipinski definition) is 2. The van der Waals surface area contributed by atoms with Gasteiger partial charge in [-0.15, -0.1) is 0 Å². The molecule has 2 rings (SSSR count). The summed E-state index contributed by atoms with van der Waals surface area (Å²) in [6.07, 6.45) is 2.18. The van der Waals surface area contributed by atoms with Crippen molar-refractivity contribution >= 4 is 11.6 Å². The van der Waals surface area contributed by atoms with Crippen LogP contribution >= 0.6 is 0 Å². The molecule has 1 amide bonds. The number of ether oxygens (including phenoxy) is 1. The minimum Gasteiger partial charge on any atom is -0.491 e. The van der Waals surface area contributed by atoms with E-state index in [1.165, 1.54) is 0 Å². The number of nitrogen functional groups attached to an aromatic ring is 1. The van der Waals surface area contributed by atoms with Gasteiger partial charge in [0.1, 0.15) is 5.75 Å². The summed E-state index contributed by atoms with van der Waals surface area (Å²) in [6, 6.07) is 7.23. The van der Waals surface area contributed by atoms with Crippen LogP contribution in [0.5, 0.6) is 5.75 Å². The highest BCUT2D eigenvalue weighted by atomic mass is 16.5. The van der Waals surface area contributed by atoms with Crippen molar-refractivity contribution in [1.82, 2.24) is 15.1 Å². The highest BCUT2D eigenvalue weighted by molar-refractivity contribution is 5.76. The number of hydrogen-bond acceptors (Lipinski definition) is 4. The van der Waals surface area contributed by atoms with Crippen LogP contribution in [0.3, 0.4) is 0 Å². The number of aromatic nitrogens is 2. The largest absolute Gasteiger partial charge is 0.491 e. The summed E-state index contributed by atoms with van der Waals surface area (Å²) in [6.45, 7) is 2.70. The molecule has 6 heteroatoms. The van der Waals surface area contributed by atoms with E-state index >= 15 is 0 Å². The molecule has 0 spiro atoms. The number of carbonyl (C=O) groups excluding carboxylic acids is 1. The Kier molecular flexibility index (Phi) is 4.81. The zero-order chi connectivity index (χ0) is 15.2. The number of aryl methyl sites for hydroxylation is 2. The second-order valence-corrected chi connectivity index (χ2v) is 4.83. The van der Waals surface area contributed by atoms with Crippen LogP contribution in [0.1, 0.15) is 17.7 Å². The third-order valence-electron chi connectivity index (χ3n) is 3.10. The van der Waals surface area contributed by atoms with Crippen molar-refractivity contribution in [2.75, 3.05) is 12.3 Å². The zero-order valence-electron chi connectivity index (χ0n) is 12.3. The first-order chi connectivity index (χ1) is 10.1. The van der Waals surface area contributed by atoms with Gasteiger partial charge in [-0.1, -0.05) is 12.1 Å². The average molecular weight is 288 g/mol. The van der Waals surface area contributed by atoms with E-state index in [1.54, 1.807) is 16.8 Å². The van der Waals surface area contributed by atoms with Crippen molar-refractivity contribution in [3.05, 3.63) is 41.7 Å². The molecule has 3 N–H and O–H groups in total. The Balaban J connectivity index is 1.73. The molecule has 0 aliphatic heterocycles. The van der Waals surface area contributed by atoms with Crippen LogP contribution in [-0.4, -0.2) is 22.3 Å². The molecule has 0 radical (unpaired) electrons. The first-order valence-corrected chi connectivity index (χ1v) is 6.79. The molecule has 0 saturated carbocycles. The Morgan fingerprint density at radius 3 is 2.86 bits per heavy atom. The van der Waals surface area contributed by atoms with E-state index in [4.69, 9.17) is 10.5 Å². The molecular formula is C15H20N4O2. The Bertz CT molecular complexity index is 622. The SMILES string of the molecule is Cc1nn(C)cc1CNC(=O)CCOc1ccccc1N. The lowest BCUT2D eigenvalue weighted by atomic mass is 10.2. The zero-order valence-corrected chi connectivity index (χ0v) is 12.3. The molecule has 1 aromatic carbocycles. The molecule has 21 heavy (non-hydrogen) atoms. The number of carbonyl (C=O) groups is 1. The van der Waals surface area contributed by atoms with Gasteiger partial charge in [0.05, 0.1) is 24.4 Å². The first-order valence-electron chi connectivity index (χ1n) is 6.79. The molecule has 0 aliphatic carbocycles. The second-order valence-electron chi connectivity index (χ2n) is 4.83. The number of nitrogens with zero attached hydrogens (tertiary/aromatic N) is 2. The monoisotopic (exact) mass is 288 g/mol. The topological polar surface area (TPSA) is 82.2 Å². The maximum atomic E-state index is 11.8. The van der Waals surface area contributed by atoms with Crippen LogP contribution in [0.4, 0.5) is 5.69 Å². The van der Waals surface area contributed by atoms with Crippen molar-refractivity contribution in [2.45, 2.75) is 19.9 Å². The van der Waals surface area contributed by atoms with Gasteiger partial charge >= 0.3 is 0 Å². The number of anilines is 1. The highest BCUT2D eigenvalue weighted by Crippen LogP contribution is 2.19. The quantitative estimate of drug-likeness (QED) is 0.787. The molecule has 2 aromatic rings. The van der Waals surface area contributed by atoms with Gasteiger partial charge < -0.3 is 15.8 Å². The molecule has 0 aliphatic rings. The van der Waals surface area contributed by atoms with E-state index in [-0.39, 0.29) is 12.3 Å². The molecule has 1 aromatic heterocycles. The summed E-state index contributed by atoms with van der Waals surface area (Å²) in [5.41, 5.74) is 8.26.